The van der Waals surface area contributed by atoms with E-state index in [1.165, 1.54) is 30.5 Å². The van der Waals surface area contributed by atoms with Crippen molar-refractivity contribution >= 4 is 41.0 Å². The molecule has 1 fully saturated rings. The van der Waals surface area contributed by atoms with Gasteiger partial charge in [0, 0.05) is 48.7 Å². The van der Waals surface area contributed by atoms with E-state index in [-0.39, 0.29) is 24.0 Å². The molecule has 1 aromatic carbocycles. The van der Waals surface area contributed by atoms with Crippen LogP contribution in [-0.2, 0) is 9.53 Å². The molecule has 34 heavy (non-hydrogen) atoms. The van der Waals surface area contributed by atoms with E-state index in [9.17, 15) is 19.5 Å². The number of aromatic nitrogens is 2. The molecule has 11 heteroatoms. The summed E-state index contributed by atoms with van der Waals surface area (Å²) >= 11 is 5.89. The zero-order chi connectivity index (χ0) is 24.2. The van der Waals surface area contributed by atoms with Gasteiger partial charge in [0.25, 0.3) is 0 Å². The summed E-state index contributed by atoms with van der Waals surface area (Å²) in [7, 11) is 1.53. The number of rotatable bonds is 6. The predicted molar refractivity (Wildman–Crippen MR) is 126 cm³/mol. The van der Waals surface area contributed by atoms with Crippen molar-refractivity contribution in [3.05, 3.63) is 65.4 Å². The van der Waals surface area contributed by atoms with Crippen molar-refractivity contribution in [3.63, 3.8) is 0 Å². The fourth-order valence-corrected chi connectivity index (χ4v) is 3.91. The molecule has 4 N–H and O–H groups in total. The highest BCUT2D eigenvalue weighted by Gasteiger charge is 2.40. The number of methoxy groups -OCH3 is 1. The number of urea groups is 1. The number of nitrogens with zero attached hydrogens (tertiary/aromatic N) is 2. The van der Waals surface area contributed by atoms with Gasteiger partial charge in [-0.05, 0) is 42.5 Å². The van der Waals surface area contributed by atoms with Crippen LogP contribution < -0.4 is 10.6 Å². The number of halogens is 1. The van der Waals surface area contributed by atoms with Crippen molar-refractivity contribution < 1.29 is 24.2 Å². The number of pyridine rings is 1. The molecule has 1 aliphatic rings. The molecule has 0 unspecified atom stereocenters. The minimum Gasteiger partial charge on any atom is -0.478 e. The van der Waals surface area contributed by atoms with Gasteiger partial charge in [-0.2, -0.15) is 0 Å². The topological polar surface area (TPSA) is 137 Å². The number of ether oxygens (including phenoxy) is 1. The van der Waals surface area contributed by atoms with Crippen LogP contribution in [0.3, 0.4) is 0 Å². The summed E-state index contributed by atoms with van der Waals surface area (Å²) in [6, 6.07) is 10.1. The summed E-state index contributed by atoms with van der Waals surface area (Å²) in [6.45, 7) is 0.255. The molecule has 3 amide bonds. The highest BCUT2D eigenvalue weighted by atomic mass is 35.5. The van der Waals surface area contributed by atoms with E-state index >= 15 is 0 Å². The average molecular weight is 484 g/mol. The number of H-pyrrole nitrogens is 1. The maximum absolute atomic E-state index is 13.0. The molecule has 10 nitrogen and oxygen atoms in total. The van der Waals surface area contributed by atoms with Gasteiger partial charge in [-0.15, -0.1) is 0 Å². The van der Waals surface area contributed by atoms with Gasteiger partial charge in [0.2, 0.25) is 5.91 Å². The Hall–Kier alpha value is -3.89. The molecule has 0 bridgehead atoms. The van der Waals surface area contributed by atoms with Crippen molar-refractivity contribution in [3.8, 4) is 11.3 Å². The lowest BCUT2D eigenvalue weighted by Crippen LogP contribution is -2.45. The summed E-state index contributed by atoms with van der Waals surface area (Å²) in [6.07, 6.45) is 3.04. The molecular weight excluding hydrogens is 462 g/mol. The number of carbonyl (C=O) groups is 3. The summed E-state index contributed by atoms with van der Waals surface area (Å²) in [5.41, 5.74) is 1.65. The third-order valence-corrected chi connectivity index (χ3v) is 5.79. The van der Waals surface area contributed by atoms with Crippen LogP contribution in [0.1, 0.15) is 16.8 Å². The molecule has 3 heterocycles. The van der Waals surface area contributed by atoms with Crippen LogP contribution in [0.2, 0.25) is 5.02 Å². The highest BCUT2D eigenvalue weighted by molar-refractivity contribution is 6.30. The first-order valence-electron chi connectivity index (χ1n) is 10.4. The molecular formula is C23H22ClN5O5. The average Bonchev–Trinajstić information content (AvgIpc) is 3.49. The van der Waals surface area contributed by atoms with Crippen molar-refractivity contribution in [1.82, 2.24) is 14.9 Å². The van der Waals surface area contributed by atoms with Gasteiger partial charge in [0.05, 0.1) is 17.4 Å². The van der Waals surface area contributed by atoms with Crippen LogP contribution in [0.4, 0.5) is 16.3 Å². The lowest BCUT2D eigenvalue weighted by atomic mass is 10.1. The number of amides is 3. The highest BCUT2D eigenvalue weighted by Crippen LogP contribution is 2.25. The smallest absolute Gasteiger partial charge is 0.337 e. The molecule has 4 rings (SSSR count). The normalized spacial score (nSPS) is 17.4. The minimum atomic E-state index is -1.06. The number of benzene rings is 1. The number of carboxylic acid groups (broad SMARTS) is 1. The molecule has 176 valence electrons. The van der Waals surface area contributed by atoms with Gasteiger partial charge in [0.1, 0.15) is 11.9 Å². The van der Waals surface area contributed by atoms with Crippen LogP contribution >= 0.6 is 11.6 Å². The summed E-state index contributed by atoms with van der Waals surface area (Å²) < 4.78 is 5.39. The molecule has 0 radical (unpaired) electrons. The maximum atomic E-state index is 13.0. The summed E-state index contributed by atoms with van der Waals surface area (Å²) in [4.78, 5) is 45.7. The first-order valence-corrected chi connectivity index (χ1v) is 10.8. The second-order valence-corrected chi connectivity index (χ2v) is 8.13. The zero-order valence-electron chi connectivity index (χ0n) is 18.1. The molecule has 1 aliphatic heterocycles. The summed E-state index contributed by atoms with van der Waals surface area (Å²) in [5, 5.41) is 15.3. The molecule has 0 saturated carbocycles. The lowest BCUT2D eigenvalue weighted by molar-refractivity contribution is -0.119. The van der Waals surface area contributed by atoms with Gasteiger partial charge in [-0.3, -0.25) is 4.79 Å². The minimum absolute atomic E-state index is 0.123. The number of aromatic amines is 1. The van der Waals surface area contributed by atoms with Gasteiger partial charge in [-0.1, -0.05) is 11.6 Å². The molecule has 2 aromatic heterocycles. The predicted octanol–water partition coefficient (Wildman–Crippen LogP) is 3.69. The van der Waals surface area contributed by atoms with Gasteiger partial charge in [0.15, 0.2) is 0 Å². The lowest BCUT2D eigenvalue weighted by Gasteiger charge is -2.24. The van der Waals surface area contributed by atoms with E-state index in [1.54, 1.807) is 36.4 Å². The number of anilines is 2. The van der Waals surface area contributed by atoms with Gasteiger partial charge in [-0.25, -0.2) is 14.6 Å². The first kappa shape index (κ1) is 23.3. The van der Waals surface area contributed by atoms with Crippen molar-refractivity contribution in [1.29, 1.82) is 0 Å². The fraction of sp³-hybridized carbons (Fsp3) is 0.217. The van der Waals surface area contributed by atoms with E-state index in [2.05, 4.69) is 20.6 Å². The Bertz CT molecular complexity index is 1200. The SMILES string of the molecule is CO[C@@H]1C[C@H](C(=O)Nc2ccc(-c3[nH]ccc3C(=O)O)cn2)N(C(=O)Nc2ccc(Cl)cc2)C1. The Morgan fingerprint density at radius 2 is 1.91 bits per heavy atom. The number of carbonyl (C=O) groups excluding carboxylic acids is 2. The van der Waals surface area contributed by atoms with Gasteiger partial charge < -0.3 is 30.4 Å². The zero-order valence-corrected chi connectivity index (χ0v) is 18.9. The maximum Gasteiger partial charge on any atom is 0.337 e. The number of hydrogen-bond donors (Lipinski definition) is 4. The van der Waals surface area contributed by atoms with E-state index in [0.717, 1.165) is 0 Å². The Balaban J connectivity index is 1.45. The third-order valence-electron chi connectivity index (χ3n) is 5.54. The number of likely N-dealkylation sites (tertiary alicyclic amines) is 1. The van der Waals surface area contributed by atoms with Crippen LogP contribution in [0, 0.1) is 0 Å². The fourth-order valence-electron chi connectivity index (χ4n) is 3.78. The molecule has 0 spiro atoms. The van der Waals surface area contributed by atoms with E-state index < -0.39 is 23.9 Å². The van der Waals surface area contributed by atoms with E-state index in [4.69, 9.17) is 16.3 Å². The molecule has 1 saturated heterocycles. The Morgan fingerprint density at radius 1 is 1.15 bits per heavy atom. The van der Waals surface area contributed by atoms with Crippen LogP contribution in [-0.4, -0.2) is 63.7 Å². The van der Waals surface area contributed by atoms with E-state index in [0.29, 0.717) is 28.4 Å². The number of carboxylic acids is 1. The molecule has 0 aliphatic carbocycles. The quantitative estimate of drug-likeness (QED) is 0.422. The number of nitrogens with one attached hydrogen (secondary N) is 3. The second kappa shape index (κ2) is 9.94. The largest absolute Gasteiger partial charge is 0.478 e. The second-order valence-electron chi connectivity index (χ2n) is 7.69. The molecule has 2 atom stereocenters. The third kappa shape index (κ3) is 5.03. The standard InChI is InChI=1S/C23H22ClN5O5/c1-34-16-10-18(29(12-16)23(33)27-15-5-3-14(24)4-6-15)21(30)28-19-7-2-13(11-26-19)20-17(22(31)32)8-9-25-20/h2-9,11,16,18,25H,10,12H2,1H3,(H,27,33)(H,31,32)(H,26,28,30)/t16-,18-/m1/s1. The Labute approximate surface area is 199 Å². The number of hydrogen-bond acceptors (Lipinski definition) is 5. The van der Waals surface area contributed by atoms with Crippen molar-refractivity contribution in [2.45, 2.75) is 18.6 Å². The Kier molecular flexibility index (Phi) is 6.80. The van der Waals surface area contributed by atoms with Crippen molar-refractivity contribution in [2.75, 3.05) is 24.3 Å². The van der Waals surface area contributed by atoms with Gasteiger partial charge >= 0.3 is 12.0 Å². The Morgan fingerprint density at radius 3 is 2.56 bits per heavy atom. The van der Waals surface area contributed by atoms with Crippen molar-refractivity contribution in [2.24, 2.45) is 0 Å². The monoisotopic (exact) mass is 483 g/mol. The van der Waals surface area contributed by atoms with Crippen LogP contribution in [0.5, 0.6) is 0 Å². The number of aromatic carboxylic acids is 1. The molecule has 3 aromatic rings. The summed E-state index contributed by atoms with van der Waals surface area (Å²) in [5.74, 6) is -1.19. The van der Waals surface area contributed by atoms with E-state index in [1.807, 2.05) is 0 Å². The first-order chi connectivity index (χ1) is 16.4. The van der Waals surface area contributed by atoms with Crippen LogP contribution in [0.25, 0.3) is 11.3 Å². The van der Waals surface area contributed by atoms with Crippen LogP contribution in [0.15, 0.2) is 54.9 Å².